The average Bonchev–Trinajstić information content (AvgIpc) is 2.35. The highest BCUT2D eigenvalue weighted by Crippen LogP contribution is 2.29. The quantitative estimate of drug-likeness (QED) is 0.403. The molecule has 0 saturated carbocycles. The molecule has 5 N–H and O–H groups in total. The van der Waals surface area contributed by atoms with Crippen molar-refractivity contribution in [2.45, 2.75) is 6.92 Å². The van der Waals surface area contributed by atoms with Crippen molar-refractivity contribution in [2.24, 2.45) is 11.5 Å². The minimum Gasteiger partial charge on any atom is -0.368 e. The summed E-state index contributed by atoms with van der Waals surface area (Å²) >= 11 is 0. The van der Waals surface area contributed by atoms with Crippen LogP contribution in [0.15, 0.2) is 0 Å². The fourth-order valence-electron chi connectivity index (χ4n) is 1.68. The van der Waals surface area contributed by atoms with Crippen LogP contribution in [0, 0.1) is 17.0 Å². The van der Waals surface area contributed by atoms with Crippen molar-refractivity contribution >= 4 is 29.3 Å². The number of hydrogen-bond acceptors (Lipinski definition) is 8. The largest absolute Gasteiger partial charge is 0.368 e. The summed E-state index contributed by atoms with van der Waals surface area (Å²) in [5.74, 6) is -1.66. The van der Waals surface area contributed by atoms with Gasteiger partial charge >= 0.3 is 5.69 Å². The summed E-state index contributed by atoms with van der Waals surface area (Å²) in [6.45, 7) is 0.531. The molecule has 1 rings (SSSR count). The Hall–Kier alpha value is -2.98. The Morgan fingerprint density at radius 2 is 1.81 bits per heavy atom. The maximum atomic E-state index is 11.2. The number of rotatable bonds is 7. The first-order chi connectivity index (χ1) is 9.76. The van der Waals surface area contributed by atoms with E-state index in [4.69, 9.17) is 11.5 Å². The molecule has 0 radical (unpaired) electrons. The topological polar surface area (TPSA) is 170 Å². The van der Waals surface area contributed by atoms with E-state index < -0.39 is 35.5 Å². The molecule has 0 spiro atoms. The summed E-state index contributed by atoms with van der Waals surface area (Å²) in [7, 11) is 1.52. The van der Waals surface area contributed by atoms with Crippen LogP contribution in [-0.4, -0.2) is 46.8 Å². The molecule has 114 valence electrons. The Labute approximate surface area is 119 Å². The summed E-state index contributed by atoms with van der Waals surface area (Å²) in [5.41, 5.74) is 9.82. The third kappa shape index (κ3) is 3.99. The predicted octanol–water partition coefficient (Wildman–Crippen LogP) is -1.49. The van der Waals surface area contributed by atoms with Crippen LogP contribution in [0.5, 0.6) is 0 Å². The van der Waals surface area contributed by atoms with E-state index in [1.54, 1.807) is 0 Å². The molecule has 0 aliphatic carbocycles. The van der Waals surface area contributed by atoms with Gasteiger partial charge in [-0.25, -0.2) is 4.98 Å². The number of carbonyl (C=O) groups is 2. The zero-order valence-electron chi connectivity index (χ0n) is 11.5. The Kier molecular flexibility index (Phi) is 4.94. The van der Waals surface area contributed by atoms with Crippen molar-refractivity contribution in [3.05, 3.63) is 15.8 Å². The molecule has 11 nitrogen and oxygen atoms in total. The Morgan fingerprint density at radius 3 is 2.19 bits per heavy atom. The van der Waals surface area contributed by atoms with Gasteiger partial charge < -0.3 is 21.7 Å². The fraction of sp³-hybridized carbons (Fsp3) is 0.400. The minimum absolute atomic E-state index is 0.0771. The molecule has 0 fully saturated rings. The number of amides is 2. The van der Waals surface area contributed by atoms with E-state index >= 15 is 0 Å². The molecule has 0 aromatic carbocycles. The third-order valence-electron chi connectivity index (χ3n) is 2.44. The number of carbonyl (C=O) groups excluding carboxylic acids is 2. The number of primary amides is 2. The van der Waals surface area contributed by atoms with Gasteiger partial charge in [-0.15, -0.1) is 0 Å². The third-order valence-corrected chi connectivity index (χ3v) is 2.44. The first kappa shape index (κ1) is 16.1. The molecular formula is C10H15N7O4. The van der Waals surface area contributed by atoms with Crippen LogP contribution in [0.2, 0.25) is 0 Å². The summed E-state index contributed by atoms with van der Waals surface area (Å²) in [6.07, 6.45) is 0. The normalized spacial score (nSPS) is 10.0. The molecule has 0 atom stereocenters. The SMILES string of the molecule is CNc1nc(C)c([N+](=O)[O-])c(N(CC(N)=O)CC(N)=O)n1. The molecule has 0 aliphatic heterocycles. The van der Waals surface area contributed by atoms with Crippen molar-refractivity contribution in [1.29, 1.82) is 0 Å². The summed E-state index contributed by atoms with van der Waals surface area (Å²) < 4.78 is 0. The van der Waals surface area contributed by atoms with Crippen LogP contribution in [0.25, 0.3) is 0 Å². The molecule has 21 heavy (non-hydrogen) atoms. The van der Waals surface area contributed by atoms with Crippen molar-refractivity contribution in [1.82, 2.24) is 9.97 Å². The lowest BCUT2D eigenvalue weighted by atomic mass is 10.3. The molecule has 0 unspecified atom stereocenters. The zero-order chi connectivity index (χ0) is 16.2. The number of aromatic nitrogens is 2. The van der Waals surface area contributed by atoms with Crippen molar-refractivity contribution < 1.29 is 14.5 Å². The number of nitrogens with two attached hydrogens (primary N) is 2. The van der Waals surface area contributed by atoms with Crippen molar-refractivity contribution in [2.75, 3.05) is 30.4 Å². The smallest absolute Gasteiger partial charge is 0.332 e. The highest BCUT2D eigenvalue weighted by atomic mass is 16.6. The Balaban J connectivity index is 3.45. The monoisotopic (exact) mass is 297 g/mol. The van der Waals surface area contributed by atoms with Gasteiger partial charge in [-0.05, 0) is 6.92 Å². The number of nitro groups is 1. The molecule has 1 heterocycles. The zero-order valence-corrected chi connectivity index (χ0v) is 11.5. The van der Waals surface area contributed by atoms with E-state index in [0.717, 1.165) is 4.90 Å². The van der Waals surface area contributed by atoms with Crippen LogP contribution >= 0.6 is 0 Å². The number of aryl methyl sites for hydroxylation is 1. The molecule has 2 amide bonds. The predicted molar refractivity (Wildman–Crippen MR) is 73.6 cm³/mol. The lowest BCUT2D eigenvalue weighted by Gasteiger charge is -2.21. The van der Waals surface area contributed by atoms with E-state index in [0.29, 0.717) is 0 Å². The van der Waals surface area contributed by atoms with E-state index in [2.05, 4.69) is 15.3 Å². The number of anilines is 2. The van der Waals surface area contributed by atoms with Gasteiger partial charge in [0.1, 0.15) is 5.69 Å². The maximum Gasteiger partial charge on any atom is 0.332 e. The van der Waals surface area contributed by atoms with E-state index in [-0.39, 0.29) is 17.5 Å². The molecule has 1 aromatic heterocycles. The lowest BCUT2D eigenvalue weighted by Crippen LogP contribution is -2.40. The number of nitrogens with one attached hydrogen (secondary N) is 1. The van der Waals surface area contributed by atoms with Crippen LogP contribution in [-0.2, 0) is 9.59 Å². The van der Waals surface area contributed by atoms with Crippen LogP contribution < -0.4 is 21.7 Å². The van der Waals surface area contributed by atoms with Crippen LogP contribution in [0.1, 0.15) is 5.69 Å². The van der Waals surface area contributed by atoms with Gasteiger partial charge in [0, 0.05) is 7.05 Å². The summed E-state index contributed by atoms with van der Waals surface area (Å²) in [5, 5.41) is 13.8. The molecule has 0 bridgehead atoms. The standard InChI is InChI=1S/C10H15N7O4/c1-5-8(17(20)21)9(15-10(13-2)14-5)16(3-6(11)18)4-7(12)19/h3-4H2,1-2H3,(H2,11,18)(H2,12,19)(H,13,14,15). The van der Waals surface area contributed by atoms with Gasteiger partial charge in [0.25, 0.3) is 0 Å². The highest BCUT2D eigenvalue weighted by Gasteiger charge is 2.28. The minimum atomic E-state index is -0.784. The first-order valence-corrected chi connectivity index (χ1v) is 5.78. The number of nitrogens with zero attached hydrogens (tertiary/aromatic N) is 4. The van der Waals surface area contributed by atoms with Crippen molar-refractivity contribution in [3.63, 3.8) is 0 Å². The molecule has 11 heteroatoms. The number of hydrogen-bond donors (Lipinski definition) is 3. The molecule has 0 aliphatic rings. The second kappa shape index (κ2) is 6.45. The van der Waals surface area contributed by atoms with Gasteiger partial charge in [0.05, 0.1) is 18.0 Å². The van der Waals surface area contributed by atoms with Gasteiger partial charge in [-0.3, -0.25) is 19.7 Å². The summed E-state index contributed by atoms with van der Waals surface area (Å²) in [6, 6.07) is 0. The van der Waals surface area contributed by atoms with Crippen LogP contribution in [0.4, 0.5) is 17.5 Å². The van der Waals surface area contributed by atoms with E-state index in [1.165, 1.54) is 14.0 Å². The maximum absolute atomic E-state index is 11.2. The van der Waals surface area contributed by atoms with Gasteiger partial charge in [-0.1, -0.05) is 0 Å². The van der Waals surface area contributed by atoms with Crippen LogP contribution in [0.3, 0.4) is 0 Å². The summed E-state index contributed by atoms with van der Waals surface area (Å²) in [4.78, 5) is 41.5. The van der Waals surface area contributed by atoms with Gasteiger partial charge in [-0.2, -0.15) is 4.98 Å². The average molecular weight is 297 g/mol. The van der Waals surface area contributed by atoms with E-state index in [1.807, 2.05) is 0 Å². The molecule has 0 saturated heterocycles. The fourth-order valence-corrected chi connectivity index (χ4v) is 1.68. The second-order valence-electron chi connectivity index (χ2n) is 4.10. The first-order valence-electron chi connectivity index (χ1n) is 5.78. The highest BCUT2D eigenvalue weighted by molar-refractivity contribution is 5.85. The Bertz CT molecular complexity index is 573. The van der Waals surface area contributed by atoms with Gasteiger partial charge in [0.2, 0.25) is 23.6 Å². The van der Waals surface area contributed by atoms with E-state index in [9.17, 15) is 19.7 Å². The van der Waals surface area contributed by atoms with Crippen molar-refractivity contribution in [3.8, 4) is 0 Å². The van der Waals surface area contributed by atoms with Gasteiger partial charge in [0.15, 0.2) is 0 Å². The Morgan fingerprint density at radius 1 is 1.29 bits per heavy atom. The molecular weight excluding hydrogens is 282 g/mol. The second-order valence-corrected chi connectivity index (χ2v) is 4.10. The lowest BCUT2D eigenvalue weighted by molar-refractivity contribution is -0.385. The molecule has 1 aromatic rings.